The van der Waals surface area contributed by atoms with Gasteiger partial charge in [-0.1, -0.05) is 18.6 Å². The molecule has 1 aliphatic carbocycles. The first-order valence-corrected chi connectivity index (χ1v) is 6.84. The topological polar surface area (TPSA) is 21.3 Å². The first-order chi connectivity index (χ1) is 8.31. The third-order valence-corrected chi connectivity index (χ3v) is 3.70. The molecule has 1 aromatic carbocycles. The summed E-state index contributed by atoms with van der Waals surface area (Å²) in [5.41, 5.74) is 1.38. The van der Waals surface area contributed by atoms with E-state index in [0.29, 0.717) is 18.2 Å². The van der Waals surface area contributed by atoms with E-state index in [1.165, 1.54) is 37.7 Å². The number of hydrogen-bond donors (Lipinski definition) is 1. The zero-order valence-corrected chi connectivity index (χ0v) is 10.5. The number of piperidine rings is 1. The molecule has 1 saturated heterocycles. The van der Waals surface area contributed by atoms with Gasteiger partial charge >= 0.3 is 0 Å². The Morgan fingerprint density at radius 2 is 2.06 bits per heavy atom. The van der Waals surface area contributed by atoms with Crippen LogP contribution < -0.4 is 10.1 Å². The van der Waals surface area contributed by atoms with Crippen molar-refractivity contribution in [2.24, 2.45) is 0 Å². The van der Waals surface area contributed by atoms with Crippen LogP contribution in [-0.4, -0.2) is 12.1 Å². The van der Waals surface area contributed by atoms with Gasteiger partial charge in [0.25, 0.3) is 0 Å². The highest BCUT2D eigenvalue weighted by molar-refractivity contribution is 5.31. The molecule has 92 valence electrons. The molecule has 0 aromatic heterocycles. The summed E-state index contributed by atoms with van der Waals surface area (Å²) in [6.07, 6.45) is 6.81. The minimum Gasteiger partial charge on any atom is -0.490 e. The Morgan fingerprint density at radius 1 is 1.18 bits per heavy atom. The second kappa shape index (κ2) is 4.69. The average molecular weight is 231 g/mol. The van der Waals surface area contributed by atoms with Gasteiger partial charge in [-0.15, -0.1) is 0 Å². The van der Waals surface area contributed by atoms with E-state index in [1.807, 2.05) is 0 Å². The standard InChI is InChI=1S/C15H21NO/c1-11-4-2-7-15(16-11)12-5-3-6-14(10-12)17-13-8-9-13/h3,5-6,10-11,13,15-16H,2,4,7-9H2,1H3. The second-order valence-electron chi connectivity index (χ2n) is 5.44. The first kappa shape index (κ1) is 11.1. The van der Waals surface area contributed by atoms with Crippen molar-refractivity contribution in [2.45, 2.75) is 57.2 Å². The van der Waals surface area contributed by atoms with Crippen LogP contribution in [0.5, 0.6) is 5.75 Å². The summed E-state index contributed by atoms with van der Waals surface area (Å²) in [6, 6.07) is 9.79. The molecule has 0 amide bonds. The van der Waals surface area contributed by atoms with E-state index in [0.717, 1.165) is 5.75 Å². The summed E-state index contributed by atoms with van der Waals surface area (Å²) >= 11 is 0. The quantitative estimate of drug-likeness (QED) is 0.860. The van der Waals surface area contributed by atoms with Crippen molar-refractivity contribution in [3.63, 3.8) is 0 Å². The Bertz CT molecular complexity index is 386. The lowest BCUT2D eigenvalue weighted by molar-refractivity contribution is 0.300. The van der Waals surface area contributed by atoms with Gasteiger partial charge in [-0.3, -0.25) is 0 Å². The van der Waals surface area contributed by atoms with E-state index in [1.54, 1.807) is 0 Å². The van der Waals surface area contributed by atoms with Gasteiger partial charge in [-0.2, -0.15) is 0 Å². The van der Waals surface area contributed by atoms with Gasteiger partial charge in [-0.05, 0) is 50.3 Å². The highest BCUT2D eigenvalue weighted by atomic mass is 16.5. The molecule has 1 saturated carbocycles. The van der Waals surface area contributed by atoms with Gasteiger partial charge in [0.1, 0.15) is 5.75 Å². The Labute approximate surface area is 103 Å². The summed E-state index contributed by atoms with van der Waals surface area (Å²) in [6.45, 7) is 2.27. The minimum atomic E-state index is 0.489. The van der Waals surface area contributed by atoms with E-state index >= 15 is 0 Å². The van der Waals surface area contributed by atoms with Crippen molar-refractivity contribution < 1.29 is 4.74 Å². The normalized spacial score (nSPS) is 29.0. The van der Waals surface area contributed by atoms with Crippen molar-refractivity contribution in [2.75, 3.05) is 0 Å². The summed E-state index contributed by atoms with van der Waals surface area (Å²) in [7, 11) is 0. The van der Waals surface area contributed by atoms with Crippen LogP contribution in [0.25, 0.3) is 0 Å². The summed E-state index contributed by atoms with van der Waals surface area (Å²) < 4.78 is 5.86. The Morgan fingerprint density at radius 3 is 2.82 bits per heavy atom. The molecule has 1 heterocycles. The lowest BCUT2D eigenvalue weighted by atomic mass is 9.94. The van der Waals surface area contributed by atoms with Crippen LogP contribution in [0, 0.1) is 0 Å². The van der Waals surface area contributed by atoms with Crippen LogP contribution in [-0.2, 0) is 0 Å². The fraction of sp³-hybridized carbons (Fsp3) is 0.600. The van der Waals surface area contributed by atoms with Crippen molar-refractivity contribution >= 4 is 0 Å². The molecule has 1 aromatic rings. The monoisotopic (exact) mass is 231 g/mol. The fourth-order valence-electron chi connectivity index (χ4n) is 2.58. The third-order valence-electron chi connectivity index (χ3n) is 3.70. The largest absolute Gasteiger partial charge is 0.490 e. The molecule has 0 bridgehead atoms. The number of ether oxygens (including phenoxy) is 1. The molecular weight excluding hydrogens is 210 g/mol. The summed E-state index contributed by atoms with van der Waals surface area (Å²) in [5.74, 6) is 1.05. The molecule has 2 aliphatic rings. The maximum atomic E-state index is 5.86. The van der Waals surface area contributed by atoms with Crippen molar-refractivity contribution in [1.82, 2.24) is 5.32 Å². The molecule has 17 heavy (non-hydrogen) atoms. The van der Waals surface area contributed by atoms with Crippen LogP contribution in [0.4, 0.5) is 0 Å². The van der Waals surface area contributed by atoms with Gasteiger partial charge in [0.05, 0.1) is 6.10 Å². The van der Waals surface area contributed by atoms with E-state index in [4.69, 9.17) is 4.74 Å². The van der Waals surface area contributed by atoms with Gasteiger partial charge < -0.3 is 10.1 Å². The molecule has 3 rings (SSSR count). The Kier molecular flexibility index (Phi) is 3.06. The van der Waals surface area contributed by atoms with E-state index in [9.17, 15) is 0 Å². The smallest absolute Gasteiger partial charge is 0.120 e. The first-order valence-electron chi connectivity index (χ1n) is 6.84. The predicted molar refractivity (Wildman–Crippen MR) is 69.3 cm³/mol. The summed E-state index contributed by atoms with van der Waals surface area (Å²) in [4.78, 5) is 0. The van der Waals surface area contributed by atoms with Gasteiger partial charge in [0.15, 0.2) is 0 Å². The second-order valence-corrected chi connectivity index (χ2v) is 5.44. The predicted octanol–water partition coefficient (Wildman–Crippen LogP) is 3.43. The summed E-state index contributed by atoms with van der Waals surface area (Å²) in [5, 5.41) is 3.67. The van der Waals surface area contributed by atoms with Gasteiger partial charge in [-0.25, -0.2) is 0 Å². The SMILES string of the molecule is CC1CCCC(c2cccc(OC3CC3)c2)N1. The van der Waals surface area contributed by atoms with Gasteiger partial charge in [0.2, 0.25) is 0 Å². The Balaban J connectivity index is 1.72. The molecule has 2 unspecified atom stereocenters. The number of rotatable bonds is 3. The Hall–Kier alpha value is -1.02. The maximum Gasteiger partial charge on any atom is 0.120 e. The molecule has 2 nitrogen and oxygen atoms in total. The molecule has 0 spiro atoms. The average Bonchev–Trinajstić information content (AvgIpc) is 3.13. The molecule has 1 N–H and O–H groups in total. The highest BCUT2D eigenvalue weighted by Crippen LogP contribution is 2.30. The number of nitrogens with one attached hydrogen (secondary N) is 1. The van der Waals surface area contributed by atoms with E-state index < -0.39 is 0 Å². The fourth-order valence-corrected chi connectivity index (χ4v) is 2.58. The molecule has 1 aliphatic heterocycles. The molecule has 2 fully saturated rings. The van der Waals surface area contributed by atoms with E-state index in [2.05, 4.69) is 36.5 Å². The molecular formula is C15H21NO. The molecule has 0 radical (unpaired) electrons. The van der Waals surface area contributed by atoms with Crippen LogP contribution in [0.3, 0.4) is 0 Å². The van der Waals surface area contributed by atoms with Gasteiger partial charge in [0, 0.05) is 12.1 Å². The minimum absolute atomic E-state index is 0.489. The number of hydrogen-bond acceptors (Lipinski definition) is 2. The molecule has 2 atom stereocenters. The van der Waals surface area contributed by atoms with E-state index in [-0.39, 0.29) is 0 Å². The number of benzene rings is 1. The van der Waals surface area contributed by atoms with Crippen molar-refractivity contribution in [3.8, 4) is 5.75 Å². The van der Waals surface area contributed by atoms with Crippen LogP contribution >= 0.6 is 0 Å². The molecule has 2 heteroatoms. The highest BCUT2D eigenvalue weighted by Gasteiger charge is 2.24. The van der Waals surface area contributed by atoms with Crippen LogP contribution in [0.15, 0.2) is 24.3 Å². The lowest BCUT2D eigenvalue weighted by Gasteiger charge is -2.29. The third kappa shape index (κ3) is 2.81. The maximum absolute atomic E-state index is 5.86. The van der Waals surface area contributed by atoms with Crippen LogP contribution in [0.2, 0.25) is 0 Å². The zero-order chi connectivity index (χ0) is 11.7. The van der Waals surface area contributed by atoms with Crippen molar-refractivity contribution in [1.29, 1.82) is 0 Å². The zero-order valence-electron chi connectivity index (χ0n) is 10.5. The lowest BCUT2D eigenvalue weighted by Crippen LogP contribution is -2.34. The van der Waals surface area contributed by atoms with Crippen molar-refractivity contribution in [3.05, 3.63) is 29.8 Å². The van der Waals surface area contributed by atoms with Crippen LogP contribution in [0.1, 0.15) is 50.6 Å².